The summed E-state index contributed by atoms with van der Waals surface area (Å²) in [5, 5.41) is 6.23. The van der Waals surface area contributed by atoms with Gasteiger partial charge in [0.15, 0.2) is 0 Å². The summed E-state index contributed by atoms with van der Waals surface area (Å²) < 4.78 is 0. The molecule has 1 aliphatic heterocycles. The smallest absolute Gasteiger partial charge is 0.325 e. The number of hydrogen-bond acceptors (Lipinski definition) is 3. The Balaban J connectivity index is 1.38. The van der Waals surface area contributed by atoms with Gasteiger partial charge in [0, 0.05) is 11.6 Å². The quantitative estimate of drug-likeness (QED) is 0.760. The van der Waals surface area contributed by atoms with E-state index in [2.05, 4.69) is 10.6 Å². The van der Waals surface area contributed by atoms with Gasteiger partial charge in [-0.15, -0.1) is 0 Å². The molecule has 1 heterocycles. The Hall–Kier alpha value is -2.86. The predicted octanol–water partition coefficient (Wildman–Crippen LogP) is 2.39. The molecule has 1 aliphatic carbocycles. The number of amides is 4. The van der Waals surface area contributed by atoms with Crippen molar-refractivity contribution in [1.29, 1.82) is 0 Å². The standard InChI is InChI=1S/C21H20ClN3O3/c22-16-6-3-4-14(12-16)9-11-23-18(26)13-25-19(27)21(24-20(25)28)10-8-15-5-1-2-7-17(15)21/h1-7,12H,8-11,13H2,(H,23,26)(H,24,28). The normalized spacial score (nSPS) is 20.4. The summed E-state index contributed by atoms with van der Waals surface area (Å²) in [7, 11) is 0. The number of aryl methyl sites for hydroxylation is 1. The van der Waals surface area contributed by atoms with Gasteiger partial charge in [-0.05, 0) is 48.1 Å². The third-order valence-corrected chi connectivity index (χ3v) is 5.58. The highest BCUT2D eigenvalue weighted by Gasteiger charge is 2.55. The van der Waals surface area contributed by atoms with E-state index >= 15 is 0 Å². The second kappa shape index (κ2) is 7.28. The first-order valence-corrected chi connectivity index (χ1v) is 9.61. The zero-order chi connectivity index (χ0) is 19.7. The number of hydrogen-bond donors (Lipinski definition) is 2. The topological polar surface area (TPSA) is 78.5 Å². The van der Waals surface area contributed by atoms with Crippen LogP contribution in [-0.4, -0.2) is 35.8 Å². The molecule has 4 rings (SSSR count). The van der Waals surface area contributed by atoms with Crippen molar-refractivity contribution in [2.24, 2.45) is 0 Å². The summed E-state index contributed by atoms with van der Waals surface area (Å²) in [6, 6.07) is 14.5. The van der Waals surface area contributed by atoms with Crippen molar-refractivity contribution >= 4 is 29.4 Å². The second-order valence-electron chi connectivity index (χ2n) is 7.11. The number of benzene rings is 2. The van der Waals surface area contributed by atoms with Crippen molar-refractivity contribution in [2.75, 3.05) is 13.1 Å². The van der Waals surface area contributed by atoms with Gasteiger partial charge in [-0.3, -0.25) is 14.5 Å². The number of urea groups is 1. The van der Waals surface area contributed by atoms with Crippen LogP contribution in [0.4, 0.5) is 4.79 Å². The minimum atomic E-state index is -1.03. The van der Waals surface area contributed by atoms with Crippen LogP contribution in [0.2, 0.25) is 5.02 Å². The number of nitrogens with zero attached hydrogens (tertiary/aromatic N) is 1. The minimum absolute atomic E-state index is 0.288. The summed E-state index contributed by atoms with van der Waals surface area (Å²) in [5.74, 6) is -0.721. The van der Waals surface area contributed by atoms with Gasteiger partial charge in [-0.1, -0.05) is 48.0 Å². The molecule has 2 aromatic carbocycles. The van der Waals surface area contributed by atoms with Crippen LogP contribution < -0.4 is 10.6 Å². The van der Waals surface area contributed by atoms with Crippen LogP contribution in [-0.2, 0) is 28.0 Å². The van der Waals surface area contributed by atoms with Gasteiger partial charge in [-0.25, -0.2) is 4.79 Å². The number of fused-ring (bicyclic) bond motifs is 2. The molecule has 28 heavy (non-hydrogen) atoms. The molecule has 0 bridgehead atoms. The average Bonchev–Trinajstić information content (AvgIpc) is 3.16. The van der Waals surface area contributed by atoms with Crippen LogP contribution in [0.1, 0.15) is 23.1 Å². The zero-order valence-electron chi connectivity index (χ0n) is 15.2. The fourth-order valence-corrected chi connectivity index (χ4v) is 4.18. The van der Waals surface area contributed by atoms with E-state index in [1.807, 2.05) is 42.5 Å². The molecule has 1 atom stereocenters. The fraction of sp³-hybridized carbons (Fsp3) is 0.286. The third kappa shape index (κ3) is 3.24. The largest absolute Gasteiger partial charge is 0.354 e. The number of halogens is 1. The Morgan fingerprint density at radius 2 is 2.00 bits per heavy atom. The van der Waals surface area contributed by atoms with E-state index in [1.54, 1.807) is 6.07 Å². The van der Waals surface area contributed by atoms with Gasteiger partial charge in [0.05, 0.1) is 0 Å². The van der Waals surface area contributed by atoms with E-state index in [1.165, 1.54) is 0 Å². The molecular formula is C21H20ClN3O3. The van der Waals surface area contributed by atoms with Gasteiger partial charge < -0.3 is 10.6 Å². The highest BCUT2D eigenvalue weighted by molar-refractivity contribution is 6.30. The number of imide groups is 1. The van der Waals surface area contributed by atoms with Gasteiger partial charge in [0.25, 0.3) is 5.91 Å². The Kier molecular flexibility index (Phi) is 4.81. The van der Waals surface area contributed by atoms with Crippen LogP contribution in [0.15, 0.2) is 48.5 Å². The maximum absolute atomic E-state index is 13.0. The molecule has 0 saturated carbocycles. The van der Waals surface area contributed by atoms with Crippen LogP contribution in [0.5, 0.6) is 0 Å². The molecule has 4 amide bonds. The lowest BCUT2D eigenvalue weighted by molar-refractivity contribution is -0.135. The zero-order valence-corrected chi connectivity index (χ0v) is 16.0. The SMILES string of the molecule is O=C(CN1C(=O)NC2(CCc3ccccc32)C1=O)NCCc1cccc(Cl)c1. The molecule has 1 saturated heterocycles. The highest BCUT2D eigenvalue weighted by Crippen LogP contribution is 2.41. The molecule has 1 fully saturated rings. The van der Waals surface area contributed by atoms with Crippen LogP contribution in [0.3, 0.4) is 0 Å². The Bertz CT molecular complexity index is 961. The Labute approximate surface area is 167 Å². The Morgan fingerprint density at radius 3 is 2.82 bits per heavy atom. The van der Waals surface area contributed by atoms with Crippen molar-refractivity contribution in [3.8, 4) is 0 Å². The number of nitrogens with one attached hydrogen (secondary N) is 2. The van der Waals surface area contributed by atoms with Gasteiger partial charge >= 0.3 is 6.03 Å². The second-order valence-corrected chi connectivity index (χ2v) is 7.55. The Morgan fingerprint density at radius 1 is 1.18 bits per heavy atom. The lowest BCUT2D eigenvalue weighted by atomic mass is 9.92. The summed E-state index contributed by atoms with van der Waals surface area (Å²) >= 11 is 5.95. The van der Waals surface area contributed by atoms with E-state index in [-0.39, 0.29) is 18.4 Å². The number of carbonyl (C=O) groups is 3. The fourth-order valence-electron chi connectivity index (χ4n) is 3.97. The summed E-state index contributed by atoms with van der Waals surface area (Å²) in [6.45, 7) is 0.112. The van der Waals surface area contributed by atoms with Gasteiger partial charge in [0.1, 0.15) is 12.1 Å². The van der Waals surface area contributed by atoms with E-state index in [0.29, 0.717) is 24.4 Å². The molecule has 6 nitrogen and oxygen atoms in total. The van der Waals surface area contributed by atoms with Crippen molar-refractivity contribution < 1.29 is 14.4 Å². The summed E-state index contributed by atoms with van der Waals surface area (Å²) in [5.41, 5.74) is 1.86. The third-order valence-electron chi connectivity index (χ3n) is 5.35. The maximum atomic E-state index is 13.0. The first-order valence-electron chi connectivity index (χ1n) is 9.23. The molecule has 2 N–H and O–H groups in total. The van der Waals surface area contributed by atoms with E-state index in [0.717, 1.165) is 28.0 Å². The summed E-state index contributed by atoms with van der Waals surface area (Å²) in [6.07, 6.45) is 1.86. The summed E-state index contributed by atoms with van der Waals surface area (Å²) in [4.78, 5) is 38.7. The van der Waals surface area contributed by atoms with Gasteiger partial charge in [0.2, 0.25) is 5.91 Å². The van der Waals surface area contributed by atoms with E-state index < -0.39 is 11.6 Å². The van der Waals surface area contributed by atoms with E-state index in [9.17, 15) is 14.4 Å². The maximum Gasteiger partial charge on any atom is 0.325 e. The number of carbonyl (C=O) groups excluding carboxylic acids is 3. The highest BCUT2D eigenvalue weighted by atomic mass is 35.5. The average molecular weight is 398 g/mol. The van der Waals surface area contributed by atoms with Crippen LogP contribution in [0.25, 0.3) is 0 Å². The van der Waals surface area contributed by atoms with Crippen molar-refractivity contribution in [1.82, 2.24) is 15.5 Å². The van der Waals surface area contributed by atoms with E-state index in [4.69, 9.17) is 11.6 Å². The van der Waals surface area contributed by atoms with Crippen LogP contribution in [0, 0.1) is 0 Å². The molecule has 0 aromatic heterocycles. The lowest BCUT2D eigenvalue weighted by Gasteiger charge is -2.22. The molecule has 0 radical (unpaired) electrons. The molecule has 1 spiro atoms. The van der Waals surface area contributed by atoms with Crippen molar-refractivity contribution in [3.63, 3.8) is 0 Å². The van der Waals surface area contributed by atoms with Gasteiger partial charge in [-0.2, -0.15) is 0 Å². The van der Waals surface area contributed by atoms with Crippen molar-refractivity contribution in [2.45, 2.75) is 24.8 Å². The first-order chi connectivity index (χ1) is 13.5. The first kappa shape index (κ1) is 18.5. The molecule has 2 aromatic rings. The molecule has 144 valence electrons. The molecule has 2 aliphatic rings. The lowest BCUT2D eigenvalue weighted by Crippen LogP contribution is -2.44. The minimum Gasteiger partial charge on any atom is -0.354 e. The monoisotopic (exact) mass is 397 g/mol. The molecular weight excluding hydrogens is 378 g/mol. The molecule has 7 heteroatoms. The molecule has 1 unspecified atom stereocenters. The number of rotatable bonds is 5. The van der Waals surface area contributed by atoms with Crippen LogP contribution >= 0.6 is 11.6 Å². The van der Waals surface area contributed by atoms with Crippen molar-refractivity contribution in [3.05, 3.63) is 70.2 Å². The predicted molar refractivity (Wildman–Crippen MR) is 105 cm³/mol.